The zero-order chi connectivity index (χ0) is 11.3. The summed E-state index contributed by atoms with van der Waals surface area (Å²) in [7, 11) is 0. The summed E-state index contributed by atoms with van der Waals surface area (Å²) in [6, 6.07) is 0. The summed E-state index contributed by atoms with van der Waals surface area (Å²) >= 11 is 4.50. The van der Waals surface area contributed by atoms with Crippen LogP contribution >= 0.6 is 27.3 Å². The summed E-state index contributed by atoms with van der Waals surface area (Å²) in [6.45, 7) is 0.401. The van der Waals surface area contributed by atoms with E-state index in [9.17, 15) is 9.59 Å². The molecule has 0 unspecified atom stereocenters. The second-order valence-electron chi connectivity index (χ2n) is 2.46. The van der Waals surface area contributed by atoms with Gasteiger partial charge in [0.15, 0.2) is 5.69 Å². The van der Waals surface area contributed by atoms with Crippen molar-refractivity contribution in [2.24, 2.45) is 0 Å². The molecule has 0 aliphatic carbocycles. The summed E-state index contributed by atoms with van der Waals surface area (Å²) in [5.74, 6) is -0.324. The second kappa shape index (κ2) is 5.66. The van der Waals surface area contributed by atoms with Crippen LogP contribution in [-0.2, 0) is 0 Å². The van der Waals surface area contributed by atoms with Gasteiger partial charge in [-0.1, -0.05) is 0 Å². The normalized spacial score (nSPS) is 9.67. The number of thiazole rings is 1. The Balaban J connectivity index is 2.31. The van der Waals surface area contributed by atoms with Crippen molar-refractivity contribution in [2.45, 2.75) is 0 Å². The van der Waals surface area contributed by atoms with Crippen LogP contribution in [0.1, 0.15) is 10.5 Å². The Kier molecular flexibility index (Phi) is 4.50. The molecule has 1 aromatic heterocycles. The third kappa shape index (κ3) is 3.84. The average Bonchev–Trinajstić information content (AvgIpc) is 2.58. The third-order valence-electron chi connectivity index (χ3n) is 1.43. The molecule has 6 nitrogen and oxygen atoms in total. The van der Waals surface area contributed by atoms with Crippen LogP contribution in [0.4, 0.5) is 4.79 Å². The second-order valence-corrected chi connectivity index (χ2v) is 4.64. The average molecular weight is 294 g/mol. The van der Waals surface area contributed by atoms with Crippen LogP contribution in [0, 0.1) is 0 Å². The molecule has 0 saturated carbocycles. The fourth-order valence-corrected chi connectivity index (χ4v) is 1.85. The molecule has 3 N–H and O–H groups in total. The number of carboxylic acid groups (broad SMARTS) is 1. The van der Waals surface area contributed by atoms with Crippen LogP contribution in [0.3, 0.4) is 0 Å². The van der Waals surface area contributed by atoms with Crippen LogP contribution in [-0.4, -0.2) is 35.2 Å². The molecule has 0 atom stereocenters. The van der Waals surface area contributed by atoms with Crippen molar-refractivity contribution in [3.05, 3.63) is 15.0 Å². The Morgan fingerprint density at radius 3 is 2.67 bits per heavy atom. The lowest BCUT2D eigenvalue weighted by Gasteiger charge is -2.03. The summed E-state index contributed by atoms with van der Waals surface area (Å²) in [4.78, 5) is 25.3. The van der Waals surface area contributed by atoms with Gasteiger partial charge in [-0.05, 0) is 15.9 Å². The number of amides is 2. The molecule has 0 fully saturated rings. The van der Waals surface area contributed by atoms with Crippen molar-refractivity contribution in [1.82, 2.24) is 15.6 Å². The lowest BCUT2D eigenvalue weighted by Crippen LogP contribution is -2.34. The third-order valence-corrected chi connectivity index (χ3v) is 2.97. The molecular formula is C7H8BrN3O3S. The van der Waals surface area contributed by atoms with Crippen LogP contribution in [0.15, 0.2) is 9.30 Å². The Hall–Kier alpha value is -1.15. The van der Waals surface area contributed by atoms with Crippen molar-refractivity contribution < 1.29 is 14.7 Å². The van der Waals surface area contributed by atoms with Gasteiger partial charge >= 0.3 is 6.09 Å². The molecule has 1 heterocycles. The Morgan fingerprint density at radius 1 is 1.47 bits per heavy atom. The van der Waals surface area contributed by atoms with Gasteiger partial charge in [0.25, 0.3) is 5.91 Å². The highest BCUT2D eigenvalue weighted by atomic mass is 79.9. The van der Waals surface area contributed by atoms with E-state index in [4.69, 9.17) is 5.11 Å². The maximum Gasteiger partial charge on any atom is 0.404 e. The predicted molar refractivity (Wildman–Crippen MR) is 58.2 cm³/mol. The molecule has 82 valence electrons. The van der Waals surface area contributed by atoms with Crippen molar-refractivity contribution in [3.8, 4) is 0 Å². The van der Waals surface area contributed by atoms with E-state index in [1.165, 1.54) is 11.3 Å². The van der Waals surface area contributed by atoms with E-state index in [-0.39, 0.29) is 19.0 Å². The lowest BCUT2D eigenvalue weighted by molar-refractivity contribution is 0.0948. The lowest BCUT2D eigenvalue weighted by atomic mass is 10.4. The molecule has 0 spiro atoms. The van der Waals surface area contributed by atoms with Crippen molar-refractivity contribution in [1.29, 1.82) is 0 Å². The van der Waals surface area contributed by atoms with Gasteiger partial charge in [-0.15, -0.1) is 11.3 Å². The maximum absolute atomic E-state index is 11.4. The first-order valence-electron chi connectivity index (χ1n) is 3.95. The van der Waals surface area contributed by atoms with E-state index in [0.717, 1.165) is 0 Å². The van der Waals surface area contributed by atoms with Gasteiger partial charge in [0.2, 0.25) is 0 Å². The Bertz CT molecular complexity index is 368. The highest BCUT2D eigenvalue weighted by Gasteiger charge is 2.11. The molecule has 0 bridgehead atoms. The molecular weight excluding hydrogens is 286 g/mol. The standard InChI is InChI=1S/C7H8BrN3O3S/c8-5-4(11-3-15-5)6(12)9-1-2-10-7(13)14/h3,10H,1-2H2,(H,9,12)(H,13,14). The minimum Gasteiger partial charge on any atom is -0.465 e. The van der Waals surface area contributed by atoms with E-state index in [2.05, 4.69) is 31.5 Å². The monoisotopic (exact) mass is 293 g/mol. The van der Waals surface area contributed by atoms with E-state index >= 15 is 0 Å². The molecule has 8 heteroatoms. The van der Waals surface area contributed by atoms with Gasteiger partial charge in [-0.2, -0.15) is 0 Å². The topological polar surface area (TPSA) is 91.3 Å². The maximum atomic E-state index is 11.4. The Labute approximate surface area is 97.8 Å². The zero-order valence-electron chi connectivity index (χ0n) is 7.49. The first-order valence-corrected chi connectivity index (χ1v) is 5.62. The van der Waals surface area contributed by atoms with Crippen molar-refractivity contribution >= 4 is 39.3 Å². The first kappa shape index (κ1) is 11.9. The number of nitrogens with one attached hydrogen (secondary N) is 2. The van der Waals surface area contributed by atoms with Gasteiger partial charge in [0, 0.05) is 13.1 Å². The quantitative estimate of drug-likeness (QED) is 0.720. The minimum atomic E-state index is -1.11. The van der Waals surface area contributed by atoms with E-state index in [1.807, 2.05) is 0 Å². The molecule has 1 rings (SSSR count). The molecule has 0 saturated heterocycles. The summed E-state index contributed by atoms with van der Waals surface area (Å²) in [6.07, 6.45) is -1.11. The number of aromatic nitrogens is 1. The number of hydrogen-bond acceptors (Lipinski definition) is 4. The summed E-state index contributed by atoms with van der Waals surface area (Å²) < 4.78 is 0.659. The fourth-order valence-electron chi connectivity index (χ4n) is 0.809. The van der Waals surface area contributed by atoms with Crippen LogP contribution in [0.25, 0.3) is 0 Å². The summed E-state index contributed by atoms with van der Waals surface area (Å²) in [5.41, 5.74) is 1.87. The predicted octanol–water partition coefficient (Wildman–Crippen LogP) is 0.903. The highest BCUT2D eigenvalue weighted by Crippen LogP contribution is 2.19. The largest absolute Gasteiger partial charge is 0.465 e. The van der Waals surface area contributed by atoms with Crippen LogP contribution < -0.4 is 10.6 Å². The number of nitrogens with zero attached hydrogens (tertiary/aromatic N) is 1. The first-order chi connectivity index (χ1) is 7.11. The zero-order valence-corrected chi connectivity index (χ0v) is 9.89. The SMILES string of the molecule is O=C(O)NCCNC(=O)c1ncsc1Br. The Morgan fingerprint density at radius 2 is 2.13 bits per heavy atom. The number of halogens is 1. The molecule has 0 aliphatic rings. The number of carbonyl (C=O) groups excluding carboxylic acids is 1. The molecule has 15 heavy (non-hydrogen) atoms. The van der Waals surface area contributed by atoms with Crippen molar-refractivity contribution in [3.63, 3.8) is 0 Å². The number of carbonyl (C=O) groups is 2. The molecule has 1 aromatic rings. The summed E-state index contributed by atoms with van der Waals surface area (Å²) in [5, 5.41) is 12.9. The van der Waals surface area contributed by atoms with E-state index in [1.54, 1.807) is 5.51 Å². The number of rotatable bonds is 4. The smallest absolute Gasteiger partial charge is 0.404 e. The molecule has 2 amide bonds. The fraction of sp³-hybridized carbons (Fsp3) is 0.286. The molecule has 0 aromatic carbocycles. The van der Waals surface area contributed by atoms with E-state index < -0.39 is 6.09 Å². The van der Waals surface area contributed by atoms with Crippen LogP contribution in [0.5, 0.6) is 0 Å². The number of hydrogen-bond donors (Lipinski definition) is 3. The van der Waals surface area contributed by atoms with Crippen molar-refractivity contribution in [2.75, 3.05) is 13.1 Å². The van der Waals surface area contributed by atoms with Gasteiger partial charge in [-0.25, -0.2) is 9.78 Å². The van der Waals surface area contributed by atoms with E-state index in [0.29, 0.717) is 9.48 Å². The van der Waals surface area contributed by atoms with Crippen LogP contribution in [0.2, 0.25) is 0 Å². The molecule has 0 aliphatic heterocycles. The van der Waals surface area contributed by atoms with Gasteiger partial charge in [0.05, 0.1) is 5.51 Å². The highest BCUT2D eigenvalue weighted by molar-refractivity contribution is 9.11. The van der Waals surface area contributed by atoms with Gasteiger partial charge < -0.3 is 15.7 Å². The minimum absolute atomic E-state index is 0.169. The molecule has 0 radical (unpaired) electrons. The van der Waals surface area contributed by atoms with Gasteiger partial charge in [-0.3, -0.25) is 4.79 Å². The van der Waals surface area contributed by atoms with Gasteiger partial charge in [0.1, 0.15) is 3.79 Å².